The number of aromatic nitrogens is 1. The average Bonchev–Trinajstić information content (AvgIpc) is 2.46. The summed E-state index contributed by atoms with van der Waals surface area (Å²) in [4.78, 5) is 15.5. The van der Waals surface area contributed by atoms with Crippen molar-refractivity contribution in [3.05, 3.63) is 53.6 Å². The van der Waals surface area contributed by atoms with Crippen LogP contribution in [0, 0.1) is 5.82 Å². The van der Waals surface area contributed by atoms with Gasteiger partial charge in [-0.15, -0.1) is 0 Å². The second-order valence-corrected chi connectivity index (χ2v) is 4.01. The van der Waals surface area contributed by atoms with Crippen LogP contribution in [0.2, 0.25) is 0 Å². The van der Waals surface area contributed by atoms with Crippen LogP contribution in [0.3, 0.4) is 0 Å². The van der Waals surface area contributed by atoms with Gasteiger partial charge in [-0.25, -0.2) is 14.2 Å². The van der Waals surface area contributed by atoms with Gasteiger partial charge in [-0.2, -0.15) is 0 Å². The Kier molecular flexibility index (Phi) is 4.14. The maximum absolute atomic E-state index is 13.6. The molecular formula is C14H13FN2O3. The topological polar surface area (TPSA) is 74.4 Å². The molecule has 0 amide bonds. The quantitative estimate of drug-likeness (QED) is 0.866. The van der Waals surface area contributed by atoms with Gasteiger partial charge >= 0.3 is 5.97 Å². The minimum atomic E-state index is -0.639. The van der Waals surface area contributed by atoms with Crippen LogP contribution in [0.5, 0.6) is 5.75 Å². The summed E-state index contributed by atoms with van der Waals surface area (Å²) in [6, 6.07) is 7.30. The van der Waals surface area contributed by atoms with E-state index in [2.05, 4.69) is 4.98 Å². The highest BCUT2D eigenvalue weighted by Gasteiger charge is 2.11. The summed E-state index contributed by atoms with van der Waals surface area (Å²) in [5.41, 5.74) is 6.29. The van der Waals surface area contributed by atoms with E-state index in [0.29, 0.717) is 11.4 Å². The molecule has 104 valence electrons. The fraction of sp³-hybridized carbons (Fsp3) is 0.143. The molecule has 0 aliphatic heterocycles. The number of esters is 1. The summed E-state index contributed by atoms with van der Waals surface area (Å²) in [5.74, 6) is -0.736. The third-order valence-corrected chi connectivity index (χ3v) is 2.61. The van der Waals surface area contributed by atoms with E-state index in [4.69, 9.17) is 15.2 Å². The molecule has 6 heteroatoms. The summed E-state index contributed by atoms with van der Waals surface area (Å²) in [6.45, 7) is -0.180. The lowest BCUT2D eigenvalue weighted by Crippen LogP contribution is -2.08. The molecule has 20 heavy (non-hydrogen) atoms. The van der Waals surface area contributed by atoms with Crippen LogP contribution in [-0.4, -0.2) is 18.1 Å². The molecule has 5 nitrogen and oxygen atoms in total. The van der Waals surface area contributed by atoms with E-state index in [1.54, 1.807) is 6.07 Å². The van der Waals surface area contributed by atoms with Crippen LogP contribution >= 0.6 is 0 Å². The minimum absolute atomic E-state index is 0.119. The Hall–Kier alpha value is -2.63. The maximum atomic E-state index is 13.6. The van der Waals surface area contributed by atoms with Gasteiger partial charge < -0.3 is 15.2 Å². The number of benzene rings is 1. The van der Waals surface area contributed by atoms with E-state index in [-0.39, 0.29) is 17.9 Å². The van der Waals surface area contributed by atoms with Gasteiger partial charge in [0.2, 0.25) is 0 Å². The Morgan fingerprint density at radius 3 is 2.75 bits per heavy atom. The molecule has 1 aromatic heterocycles. The van der Waals surface area contributed by atoms with Crippen molar-refractivity contribution in [3.63, 3.8) is 0 Å². The Labute approximate surface area is 115 Å². The molecule has 0 unspecified atom stereocenters. The first-order chi connectivity index (χ1) is 9.60. The smallest absolute Gasteiger partial charge is 0.357 e. The van der Waals surface area contributed by atoms with Crippen LogP contribution in [0.1, 0.15) is 16.1 Å². The number of rotatable bonds is 4. The molecule has 2 rings (SSSR count). The number of ether oxygens (including phenoxy) is 2. The lowest BCUT2D eigenvalue weighted by molar-refractivity contribution is 0.0462. The highest BCUT2D eigenvalue weighted by Crippen LogP contribution is 2.17. The van der Waals surface area contributed by atoms with E-state index < -0.39 is 11.8 Å². The van der Waals surface area contributed by atoms with Gasteiger partial charge in [0.25, 0.3) is 0 Å². The van der Waals surface area contributed by atoms with Crippen LogP contribution in [0.15, 0.2) is 36.5 Å². The number of methoxy groups -OCH3 is 1. The number of hydrogen-bond acceptors (Lipinski definition) is 5. The molecule has 0 fully saturated rings. The third kappa shape index (κ3) is 3.23. The molecular weight excluding hydrogens is 263 g/mol. The summed E-state index contributed by atoms with van der Waals surface area (Å²) >= 11 is 0. The molecule has 0 saturated carbocycles. The molecule has 0 bridgehead atoms. The zero-order valence-corrected chi connectivity index (χ0v) is 10.8. The van der Waals surface area contributed by atoms with Gasteiger partial charge in [0.05, 0.1) is 19.0 Å². The molecule has 2 N–H and O–H groups in total. The van der Waals surface area contributed by atoms with Gasteiger partial charge in [0, 0.05) is 11.6 Å². The monoisotopic (exact) mass is 276 g/mol. The van der Waals surface area contributed by atoms with Crippen molar-refractivity contribution in [2.45, 2.75) is 6.61 Å². The number of nitrogens with zero attached hydrogens (tertiary/aromatic N) is 1. The second-order valence-electron chi connectivity index (χ2n) is 4.01. The molecule has 0 radical (unpaired) electrons. The van der Waals surface area contributed by atoms with Crippen molar-refractivity contribution in [3.8, 4) is 5.75 Å². The number of anilines is 1. The lowest BCUT2D eigenvalue weighted by atomic mass is 10.2. The first-order valence-corrected chi connectivity index (χ1v) is 5.81. The summed E-state index contributed by atoms with van der Waals surface area (Å²) in [6.07, 6.45) is 1.35. The number of halogens is 1. The molecule has 0 aliphatic carbocycles. The van der Waals surface area contributed by atoms with Crippen molar-refractivity contribution in [2.24, 2.45) is 0 Å². The maximum Gasteiger partial charge on any atom is 0.357 e. The predicted octanol–water partition coefficient (Wildman–Crippen LogP) is 2.17. The van der Waals surface area contributed by atoms with Gasteiger partial charge in [0.1, 0.15) is 23.9 Å². The average molecular weight is 276 g/mol. The summed E-state index contributed by atoms with van der Waals surface area (Å²) in [5, 5.41) is 0. The first kappa shape index (κ1) is 13.8. The number of carbonyl (C=O) groups excluding carboxylic acids is 1. The molecule has 0 atom stereocenters. The SMILES string of the molecule is COc1ccc(COC(=O)c2ccc(N)cn2)c(F)c1. The lowest BCUT2D eigenvalue weighted by Gasteiger charge is -2.07. The van der Waals surface area contributed by atoms with E-state index >= 15 is 0 Å². The van der Waals surface area contributed by atoms with Crippen molar-refractivity contribution in [2.75, 3.05) is 12.8 Å². The molecule has 0 aliphatic rings. The van der Waals surface area contributed by atoms with Crippen LogP contribution in [0.25, 0.3) is 0 Å². The Morgan fingerprint density at radius 1 is 1.35 bits per heavy atom. The number of carbonyl (C=O) groups is 1. The fourth-order valence-electron chi connectivity index (χ4n) is 1.52. The van der Waals surface area contributed by atoms with E-state index in [1.807, 2.05) is 0 Å². The fourth-order valence-corrected chi connectivity index (χ4v) is 1.52. The second kappa shape index (κ2) is 6.01. The van der Waals surface area contributed by atoms with Crippen molar-refractivity contribution < 1.29 is 18.7 Å². The van der Waals surface area contributed by atoms with Crippen LogP contribution in [-0.2, 0) is 11.3 Å². The van der Waals surface area contributed by atoms with Gasteiger partial charge in [-0.3, -0.25) is 0 Å². The van der Waals surface area contributed by atoms with E-state index in [0.717, 1.165) is 0 Å². The number of hydrogen-bond donors (Lipinski definition) is 1. The largest absolute Gasteiger partial charge is 0.497 e. The minimum Gasteiger partial charge on any atom is -0.497 e. The summed E-state index contributed by atoms with van der Waals surface area (Å²) < 4.78 is 23.5. The van der Waals surface area contributed by atoms with Crippen molar-refractivity contribution >= 4 is 11.7 Å². The zero-order valence-electron chi connectivity index (χ0n) is 10.8. The van der Waals surface area contributed by atoms with Gasteiger partial charge in [0.15, 0.2) is 0 Å². The Morgan fingerprint density at radius 2 is 2.15 bits per heavy atom. The molecule has 1 heterocycles. The molecule has 2 aromatic rings. The van der Waals surface area contributed by atoms with Crippen molar-refractivity contribution in [1.82, 2.24) is 4.98 Å². The number of nitrogens with two attached hydrogens (primary N) is 1. The Balaban J connectivity index is 2.01. The standard InChI is InChI=1S/C14H13FN2O3/c1-19-11-4-2-9(12(15)6-11)8-20-14(18)13-5-3-10(16)7-17-13/h2-7H,8,16H2,1H3. The Bertz CT molecular complexity index is 614. The zero-order chi connectivity index (χ0) is 14.5. The molecule has 0 spiro atoms. The first-order valence-electron chi connectivity index (χ1n) is 5.81. The molecule has 1 aromatic carbocycles. The predicted molar refractivity (Wildman–Crippen MR) is 70.7 cm³/mol. The van der Waals surface area contributed by atoms with Crippen LogP contribution in [0.4, 0.5) is 10.1 Å². The molecule has 0 saturated heterocycles. The van der Waals surface area contributed by atoms with Crippen molar-refractivity contribution in [1.29, 1.82) is 0 Å². The normalized spacial score (nSPS) is 10.1. The highest BCUT2D eigenvalue weighted by molar-refractivity contribution is 5.87. The third-order valence-electron chi connectivity index (χ3n) is 2.61. The van der Waals surface area contributed by atoms with E-state index in [9.17, 15) is 9.18 Å². The van der Waals surface area contributed by atoms with Gasteiger partial charge in [-0.05, 0) is 24.3 Å². The number of pyridine rings is 1. The van der Waals surface area contributed by atoms with E-state index in [1.165, 1.54) is 37.6 Å². The number of nitrogen functional groups attached to an aromatic ring is 1. The van der Waals surface area contributed by atoms with Crippen LogP contribution < -0.4 is 10.5 Å². The highest BCUT2D eigenvalue weighted by atomic mass is 19.1. The summed E-state index contributed by atoms with van der Waals surface area (Å²) in [7, 11) is 1.45. The van der Waals surface area contributed by atoms with Gasteiger partial charge in [-0.1, -0.05) is 0 Å².